The smallest absolute Gasteiger partial charge is 0.238 e. The Labute approximate surface area is 350 Å². The molecular weight excluding hydrogens is 749 g/mol. The third kappa shape index (κ3) is 5.63. The van der Waals surface area contributed by atoms with Crippen molar-refractivity contribution in [2.24, 2.45) is 0 Å². The van der Waals surface area contributed by atoms with Crippen molar-refractivity contribution in [1.29, 1.82) is 0 Å². The van der Waals surface area contributed by atoms with Gasteiger partial charge in [-0.1, -0.05) is 188 Å². The van der Waals surface area contributed by atoms with Crippen LogP contribution in [0.3, 0.4) is 0 Å². The first-order chi connectivity index (χ1) is 29.7. The zero-order valence-electron chi connectivity index (χ0n) is 32.3. The number of fused-ring (bicyclic) bond motifs is 8. The van der Waals surface area contributed by atoms with Crippen LogP contribution in [0.25, 0.3) is 115 Å². The summed E-state index contributed by atoms with van der Waals surface area (Å²) in [4.78, 5) is 16.0. The normalized spacial score (nSPS) is 11.7. The Balaban J connectivity index is 1.15. The minimum absolute atomic E-state index is 0.569. The summed E-state index contributed by atoms with van der Waals surface area (Å²) in [6.07, 6.45) is 0. The third-order valence-corrected chi connectivity index (χ3v) is 12.8. The van der Waals surface area contributed by atoms with Crippen LogP contribution in [0.1, 0.15) is 0 Å². The molecule has 0 fully saturated rings. The summed E-state index contributed by atoms with van der Waals surface area (Å²) in [6, 6.07) is 73.3. The zero-order valence-corrected chi connectivity index (χ0v) is 33.1. The standard InChI is InChI=1S/C55H34N4S/c1-3-13-35(14-4-1)37-25-29-40(30-26-37)53-56-54(41-31-27-38(28-32-41)36-15-5-2-6-16-36)58-55(57-53)59-47-34-33-39-17-7-8-18-42(39)50(47)46-22-11-21-44(52(46)59)43-20-12-24-49-51(43)45-19-9-10-23-48(45)60-49/h1-34H. The minimum Gasteiger partial charge on any atom is -0.277 e. The lowest BCUT2D eigenvalue weighted by Gasteiger charge is -2.14. The summed E-state index contributed by atoms with van der Waals surface area (Å²) in [6.45, 7) is 0. The van der Waals surface area contributed by atoms with Gasteiger partial charge in [0.1, 0.15) is 0 Å². The quantitative estimate of drug-likeness (QED) is 0.169. The van der Waals surface area contributed by atoms with Gasteiger partial charge in [0.05, 0.1) is 11.0 Å². The number of hydrogen-bond acceptors (Lipinski definition) is 4. The number of hydrogen-bond donors (Lipinski definition) is 0. The summed E-state index contributed by atoms with van der Waals surface area (Å²) in [5.74, 6) is 1.79. The van der Waals surface area contributed by atoms with E-state index in [-0.39, 0.29) is 0 Å². The molecule has 0 aliphatic carbocycles. The van der Waals surface area contributed by atoms with Crippen LogP contribution in [-0.2, 0) is 0 Å². The fourth-order valence-corrected chi connectivity index (χ4v) is 10.0. The van der Waals surface area contributed by atoms with Crippen molar-refractivity contribution in [2.75, 3.05) is 0 Å². The fraction of sp³-hybridized carbons (Fsp3) is 0. The Morgan fingerprint density at radius 2 is 0.850 bits per heavy atom. The van der Waals surface area contributed by atoms with Crippen LogP contribution >= 0.6 is 11.3 Å². The number of thiophene rings is 1. The number of para-hydroxylation sites is 1. The van der Waals surface area contributed by atoms with E-state index in [1.165, 1.54) is 41.9 Å². The molecule has 0 amide bonds. The van der Waals surface area contributed by atoms with Crippen molar-refractivity contribution in [1.82, 2.24) is 19.5 Å². The van der Waals surface area contributed by atoms with Gasteiger partial charge in [-0.3, -0.25) is 4.57 Å². The Bertz CT molecular complexity index is 3470. The van der Waals surface area contributed by atoms with Crippen molar-refractivity contribution >= 4 is 64.1 Å². The maximum atomic E-state index is 5.40. The van der Waals surface area contributed by atoms with Crippen LogP contribution in [0.5, 0.6) is 0 Å². The van der Waals surface area contributed by atoms with Crippen LogP contribution in [0.15, 0.2) is 206 Å². The van der Waals surface area contributed by atoms with Crippen LogP contribution in [-0.4, -0.2) is 19.5 Å². The molecule has 0 saturated heterocycles. The van der Waals surface area contributed by atoms with Gasteiger partial charge in [-0.2, -0.15) is 9.97 Å². The third-order valence-electron chi connectivity index (χ3n) is 11.7. The van der Waals surface area contributed by atoms with E-state index in [0.717, 1.165) is 55.4 Å². The number of aromatic nitrogens is 4. The highest BCUT2D eigenvalue weighted by Crippen LogP contribution is 2.45. The molecule has 0 saturated carbocycles. The fourth-order valence-electron chi connectivity index (χ4n) is 8.87. The summed E-state index contributed by atoms with van der Waals surface area (Å²) in [5, 5.41) is 7.24. The van der Waals surface area contributed by atoms with Crippen molar-refractivity contribution in [2.45, 2.75) is 0 Å². The van der Waals surface area contributed by atoms with E-state index in [1.807, 2.05) is 23.5 Å². The monoisotopic (exact) mass is 782 g/mol. The largest absolute Gasteiger partial charge is 0.277 e. The molecule has 0 radical (unpaired) electrons. The molecule has 3 aromatic heterocycles. The molecule has 0 atom stereocenters. The van der Waals surface area contributed by atoms with Gasteiger partial charge in [0.25, 0.3) is 0 Å². The molecule has 0 spiro atoms. The minimum atomic E-state index is 0.569. The lowest BCUT2D eigenvalue weighted by Crippen LogP contribution is -2.07. The van der Waals surface area contributed by atoms with Gasteiger partial charge in [0, 0.05) is 47.6 Å². The molecular formula is C55H34N4S. The van der Waals surface area contributed by atoms with Gasteiger partial charge in [-0.05, 0) is 56.8 Å². The highest BCUT2D eigenvalue weighted by atomic mass is 32.1. The summed E-state index contributed by atoms with van der Waals surface area (Å²) in [5.41, 5.74) is 10.9. The molecule has 9 aromatic carbocycles. The molecule has 280 valence electrons. The summed E-state index contributed by atoms with van der Waals surface area (Å²) in [7, 11) is 0. The van der Waals surface area contributed by atoms with E-state index in [2.05, 4.69) is 199 Å². The van der Waals surface area contributed by atoms with Gasteiger partial charge in [0.2, 0.25) is 5.95 Å². The van der Waals surface area contributed by atoms with Crippen molar-refractivity contribution in [3.8, 4) is 62.1 Å². The van der Waals surface area contributed by atoms with Gasteiger partial charge in [-0.25, -0.2) is 4.98 Å². The highest BCUT2D eigenvalue weighted by molar-refractivity contribution is 7.25. The van der Waals surface area contributed by atoms with E-state index in [9.17, 15) is 0 Å². The predicted octanol–water partition coefficient (Wildman–Crippen LogP) is 14.8. The molecule has 0 bridgehead atoms. The van der Waals surface area contributed by atoms with Gasteiger partial charge in [0.15, 0.2) is 11.6 Å². The van der Waals surface area contributed by atoms with Gasteiger partial charge < -0.3 is 0 Å². The SMILES string of the molecule is c1ccc(-c2ccc(-c3nc(-c4ccc(-c5ccccc5)cc4)nc(-n4c5ccc6ccccc6c5c5cccc(-c6cccc7sc8ccccc8c67)c54)n3)cc2)cc1. The van der Waals surface area contributed by atoms with Crippen LogP contribution < -0.4 is 0 Å². The highest BCUT2D eigenvalue weighted by Gasteiger charge is 2.23. The van der Waals surface area contributed by atoms with Crippen molar-refractivity contribution in [3.63, 3.8) is 0 Å². The molecule has 0 aliphatic rings. The summed E-state index contributed by atoms with van der Waals surface area (Å²) < 4.78 is 4.83. The van der Waals surface area contributed by atoms with Gasteiger partial charge >= 0.3 is 0 Å². The molecule has 5 heteroatoms. The molecule has 0 unspecified atom stereocenters. The van der Waals surface area contributed by atoms with Gasteiger partial charge in [-0.15, -0.1) is 11.3 Å². The van der Waals surface area contributed by atoms with E-state index in [0.29, 0.717) is 17.6 Å². The van der Waals surface area contributed by atoms with Crippen LogP contribution in [0, 0.1) is 0 Å². The molecule has 12 aromatic rings. The molecule has 60 heavy (non-hydrogen) atoms. The van der Waals surface area contributed by atoms with E-state index in [4.69, 9.17) is 15.0 Å². The second-order valence-electron chi connectivity index (χ2n) is 15.2. The number of rotatable bonds is 6. The van der Waals surface area contributed by atoms with Crippen LogP contribution in [0.2, 0.25) is 0 Å². The Morgan fingerprint density at radius 3 is 1.53 bits per heavy atom. The maximum Gasteiger partial charge on any atom is 0.238 e. The lowest BCUT2D eigenvalue weighted by atomic mass is 9.96. The van der Waals surface area contributed by atoms with Crippen molar-refractivity contribution in [3.05, 3.63) is 206 Å². The molecule has 0 aliphatic heterocycles. The number of benzene rings is 9. The lowest BCUT2D eigenvalue weighted by molar-refractivity contribution is 0.954. The number of nitrogens with zero attached hydrogens (tertiary/aromatic N) is 4. The second kappa shape index (κ2) is 14.0. The Kier molecular flexibility index (Phi) is 8.00. The predicted molar refractivity (Wildman–Crippen MR) is 252 cm³/mol. The van der Waals surface area contributed by atoms with E-state index < -0.39 is 0 Å². The Hall–Kier alpha value is -7.73. The average molecular weight is 783 g/mol. The molecule has 3 heterocycles. The molecule has 4 nitrogen and oxygen atoms in total. The second-order valence-corrected chi connectivity index (χ2v) is 16.2. The zero-order chi connectivity index (χ0) is 39.6. The first-order valence-corrected chi connectivity index (χ1v) is 21.0. The topological polar surface area (TPSA) is 43.6 Å². The maximum absolute atomic E-state index is 5.40. The molecule has 0 N–H and O–H groups in total. The van der Waals surface area contributed by atoms with E-state index >= 15 is 0 Å². The summed E-state index contributed by atoms with van der Waals surface area (Å²) >= 11 is 1.84. The first-order valence-electron chi connectivity index (χ1n) is 20.2. The molecule has 12 rings (SSSR count). The van der Waals surface area contributed by atoms with E-state index in [1.54, 1.807) is 0 Å². The first kappa shape index (κ1) is 34.3. The average Bonchev–Trinajstić information content (AvgIpc) is 3.89. The Morgan fingerprint density at radius 1 is 0.333 bits per heavy atom. The van der Waals surface area contributed by atoms with Crippen molar-refractivity contribution < 1.29 is 0 Å². The van der Waals surface area contributed by atoms with Crippen LogP contribution in [0.4, 0.5) is 0 Å².